The summed E-state index contributed by atoms with van der Waals surface area (Å²) in [6.45, 7) is 2.93. The fourth-order valence-corrected chi connectivity index (χ4v) is 3.56. The first kappa shape index (κ1) is 16.1. The Kier molecular flexibility index (Phi) is 4.75. The Hall–Kier alpha value is -1.31. The van der Waals surface area contributed by atoms with Crippen molar-refractivity contribution in [2.24, 2.45) is 0 Å². The Morgan fingerprint density at radius 2 is 1.90 bits per heavy atom. The number of hydrogen-bond acceptors (Lipinski definition) is 5. The smallest absolute Gasteiger partial charge is 0.211 e. The van der Waals surface area contributed by atoms with Crippen molar-refractivity contribution >= 4 is 10.0 Å². The Labute approximate surface area is 125 Å². The molecule has 3 N–H and O–H groups in total. The minimum atomic E-state index is -3.11. The summed E-state index contributed by atoms with van der Waals surface area (Å²) in [5.41, 5.74) is 0.639. The first-order valence-corrected chi connectivity index (χ1v) is 8.85. The van der Waals surface area contributed by atoms with Gasteiger partial charge in [-0.05, 0) is 38.0 Å². The fraction of sp³-hybridized carbons (Fsp3) is 0.571. The quantitative estimate of drug-likeness (QED) is 0.726. The number of rotatable bonds is 4. The van der Waals surface area contributed by atoms with Crippen molar-refractivity contribution in [3.05, 3.63) is 23.8 Å². The van der Waals surface area contributed by atoms with Crippen LogP contribution in [-0.4, -0.2) is 48.3 Å². The highest BCUT2D eigenvalue weighted by atomic mass is 32.2. The van der Waals surface area contributed by atoms with E-state index in [2.05, 4.69) is 5.32 Å². The normalized spacial score (nSPS) is 19.5. The number of phenolic OH excluding ortho intramolecular Hbond substituents is 2. The molecule has 7 heteroatoms. The van der Waals surface area contributed by atoms with Crippen molar-refractivity contribution in [2.45, 2.75) is 31.8 Å². The van der Waals surface area contributed by atoms with Gasteiger partial charge in [0.15, 0.2) is 0 Å². The zero-order chi connectivity index (χ0) is 15.6. The van der Waals surface area contributed by atoms with E-state index in [0.717, 1.165) is 12.8 Å². The molecule has 0 spiro atoms. The number of nitrogens with one attached hydrogen (secondary N) is 1. The second-order valence-corrected chi connectivity index (χ2v) is 7.55. The molecule has 1 heterocycles. The third kappa shape index (κ3) is 4.09. The summed E-state index contributed by atoms with van der Waals surface area (Å²) in [6.07, 6.45) is 2.70. The minimum Gasteiger partial charge on any atom is -0.508 e. The van der Waals surface area contributed by atoms with Gasteiger partial charge in [0.05, 0.1) is 6.26 Å². The van der Waals surface area contributed by atoms with Gasteiger partial charge in [0.2, 0.25) is 10.0 Å². The van der Waals surface area contributed by atoms with Gasteiger partial charge in [0.25, 0.3) is 0 Å². The molecule has 2 rings (SSSR count). The van der Waals surface area contributed by atoms with E-state index >= 15 is 0 Å². The zero-order valence-corrected chi connectivity index (χ0v) is 13.1. The third-order valence-corrected chi connectivity index (χ3v) is 5.19. The minimum absolute atomic E-state index is 0.114. The largest absolute Gasteiger partial charge is 0.508 e. The Bertz CT molecular complexity index is 595. The van der Waals surface area contributed by atoms with Gasteiger partial charge in [-0.1, -0.05) is 0 Å². The number of phenols is 2. The van der Waals surface area contributed by atoms with Gasteiger partial charge in [0.1, 0.15) is 11.5 Å². The Morgan fingerprint density at radius 1 is 1.29 bits per heavy atom. The van der Waals surface area contributed by atoms with Crippen molar-refractivity contribution < 1.29 is 18.6 Å². The lowest BCUT2D eigenvalue weighted by atomic mass is 10.0. The number of hydrogen-bond donors (Lipinski definition) is 3. The van der Waals surface area contributed by atoms with Crippen molar-refractivity contribution in [2.75, 3.05) is 19.3 Å². The molecule has 0 bridgehead atoms. The molecule has 1 fully saturated rings. The Balaban J connectivity index is 1.96. The first-order chi connectivity index (χ1) is 9.77. The number of benzene rings is 1. The van der Waals surface area contributed by atoms with Crippen molar-refractivity contribution in [3.8, 4) is 11.5 Å². The van der Waals surface area contributed by atoms with Crippen LogP contribution in [0.2, 0.25) is 0 Å². The van der Waals surface area contributed by atoms with Crippen LogP contribution in [0.15, 0.2) is 18.2 Å². The summed E-state index contributed by atoms with van der Waals surface area (Å²) >= 11 is 0. The summed E-state index contributed by atoms with van der Waals surface area (Å²) in [5.74, 6) is 0.254. The van der Waals surface area contributed by atoms with Crippen molar-refractivity contribution in [1.29, 1.82) is 0 Å². The molecule has 118 valence electrons. The molecule has 1 atom stereocenters. The van der Waals surface area contributed by atoms with E-state index in [0.29, 0.717) is 18.7 Å². The number of piperidine rings is 1. The molecule has 1 aromatic carbocycles. The molecule has 0 amide bonds. The van der Waals surface area contributed by atoms with E-state index in [-0.39, 0.29) is 23.6 Å². The molecule has 1 aliphatic heterocycles. The third-order valence-electron chi connectivity index (χ3n) is 3.89. The predicted octanol–water partition coefficient (Wildman–Crippen LogP) is 1.17. The molecular weight excluding hydrogens is 292 g/mol. The average molecular weight is 314 g/mol. The van der Waals surface area contributed by atoms with Crippen molar-refractivity contribution in [1.82, 2.24) is 9.62 Å². The van der Waals surface area contributed by atoms with Crippen LogP contribution in [0.3, 0.4) is 0 Å². The molecule has 1 aromatic rings. The lowest BCUT2D eigenvalue weighted by Gasteiger charge is -2.32. The average Bonchev–Trinajstić information content (AvgIpc) is 2.41. The summed E-state index contributed by atoms with van der Waals surface area (Å²) < 4.78 is 24.4. The first-order valence-electron chi connectivity index (χ1n) is 7.00. The second-order valence-electron chi connectivity index (χ2n) is 5.57. The number of nitrogens with zero attached hydrogens (tertiary/aromatic N) is 1. The molecule has 1 saturated heterocycles. The van der Waals surface area contributed by atoms with Crippen LogP contribution in [0.4, 0.5) is 0 Å². The zero-order valence-electron chi connectivity index (χ0n) is 12.3. The van der Waals surface area contributed by atoms with Crippen LogP contribution in [0.1, 0.15) is 31.4 Å². The summed E-state index contributed by atoms with van der Waals surface area (Å²) in [7, 11) is -3.11. The Morgan fingerprint density at radius 3 is 2.48 bits per heavy atom. The lowest BCUT2D eigenvalue weighted by molar-refractivity contribution is 0.277. The van der Waals surface area contributed by atoms with Gasteiger partial charge < -0.3 is 15.5 Å². The highest BCUT2D eigenvalue weighted by Gasteiger charge is 2.26. The summed E-state index contributed by atoms with van der Waals surface area (Å²) in [6, 6.07) is 4.52. The van der Waals surface area contributed by atoms with Gasteiger partial charge in [-0.25, -0.2) is 12.7 Å². The SMILES string of the molecule is CC(NC1CCN(S(C)(=O)=O)CC1)c1cc(O)ccc1O. The fourth-order valence-electron chi connectivity index (χ4n) is 2.69. The van der Waals surface area contributed by atoms with E-state index in [1.54, 1.807) is 6.07 Å². The maximum Gasteiger partial charge on any atom is 0.211 e. The van der Waals surface area contributed by atoms with E-state index in [9.17, 15) is 18.6 Å². The van der Waals surface area contributed by atoms with E-state index in [1.165, 1.54) is 22.7 Å². The molecule has 0 saturated carbocycles. The van der Waals surface area contributed by atoms with Gasteiger partial charge in [0, 0.05) is 30.7 Å². The standard InChI is InChI=1S/C14H22N2O4S/c1-10(13-9-12(17)3-4-14(13)18)15-11-5-7-16(8-6-11)21(2,19)20/h3-4,9-11,15,17-18H,5-8H2,1-2H3. The summed E-state index contributed by atoms with van der Waals surface area (Å²) in [5, 5.41) is 22.7. The lowest BCUT2D eigenvalue weighted by Crippen LogP contribution is -2.45. The number of sulfonamides is 1. The maximum absolute atomic E-state index is 11.5. The molecule has 1 aliphatic rings. The highest BCUT2D eigenvalue weighted by Crippen LogP contribution is 2.28. The van der Waals surface area contributed by atoms with Gasteiger partial charge in [-0.2, -0.15) is 0 Å². The molecule has 21 heavy (non-hydrogen) atoms. The van der Waals surface area contributed by atoms with Crippen molar-refractivity contribution in [3.63, 3.8) is 0 Å². The highest BCUT2D eigenvalue weighted by molar-refractivity contribution is 7.88. The predicted molar refractivity (Wildman–Crippen MR) is 80.8 cm³/mol. The summed E-state index contributed by atoms with van der Waals surface area (Å²) in [4.78, 5) is 0. The maximum atomic E-state index is 11.5. The molecule has 0 aromatic heterocycles. The van der Waals surface area contributed by atoms with Gasteiger partial charge in [-0.3, -0.25) is 0 Å². The second kappa shape index (κ2) is 6.21. The molecule has 1 unspecified atom stereocenters. The van der Waals surface area contributed by atoms with Crippen LogP contribution in [-0.2, 0) is 10.0 Å². The van der Waals surface area contributed by atoms with Crippen LogP contribution in [0.5, 0.6) is 11.5 Å². The molecule has 0 radical (unpaired) electrons. The van der Waals surface area contributed by atoms with E-state index in [1.807, 2.05) is 6.92 Å². The van der Waals surface area contributed by atoms with E-state index in [4.69, 9.17) is 0 Å². The number of aromatic hydroxyl groups is 2. The van der Waals surface area contributed by atoms with Crippen LogP contribution >= 0.6 is 0 Å². The molecule has 6 nitrogen and oxygen atoms in total. The van der Waals surface area contributed by atoms with Crippen LogP contribution in [0, 0.1) is 0 Å². The van der Waals surface area contributed by atoms with Gasteiger partial charge in [-0.15, -0.1) is 0 Å². The van der Waals surface area contributed by atoms with Gasteiger partial charge >= 0.3 is 0 Å². The topological polar surface area (TPSA) is 89.9 Å². The van der Waals surface area contributed by atoms with Crippen LogP contribution < -0.4 is 5.32 Å². The monoisotopic (exact) mass is 314 g/mol. The van der Waals surface area contributed by atoms with E-state index < -0.39 is 10.0 Å². The molecular formula is C14H22N2O4S. The van der Waals surface area contributed by atoms with Crippen LogP contribution in [0.25, 0.3) is 0 Å². The molecule has 0 aliphatic carbocycles.